The number of hydrogen-bond donors (Lipinski definition) is 0. The molecule has 5 nitrogen and oxygen atoms in total. The molecule has 0 aliphatic carbocycles. The molecule has 0 saturated carbocycles. The molecule has 22 heavy (non-hydrogen) atoms. The van der Waals surface area contributed by atoms with Crippen molar-refractivity contribution in [3.63, 3.8) is 0 Å². The van der Waals surface area contributed by atoms with E-state index in [0.29, 0.717) is 10.7 Å². The van der Waals surface area contributed by atoms with E-state index < -0.39 is 0 Å². The number of hydrogen-bond acceptors (Lipinski definition) is 5. The summed E-state index contributed by atoms with van der Waals surface area (Å²) < 4.78 is 6.98. The highest BCUT2D eigenvalue weighted by molar-refractivity contribution is 8.00. The van der Waals surface area contributed by atoms with E-state index in [0.717, 1.165) is 11.4 Å². The fraction of sp³-hybridized carbons (Fsp3) is 0.188. The second-order valence-electron chi connectivity index (χ2n) is 4.76. The number of thioether (sulfide) groups is 1. The fourth-order valence-corrected chi connectivity index (χ4v) is 3.02. The number of ether oxygens (including phenoxy) is 1. The summed E-state index contributed by atoms with van der Waals surface area (Å²) in [4.78, 5) is 12.5. The zero-order valence-electron chi connectivity index (χ0n) is 12.3. The quantitative estimate of drug-likeness (QED) is 0.535. The molecule has 0 amide bonds. The lowest BCUT2D eigenvalue weighted by Crippen LogP contribution is -2.14. The monoisotopic (exact) mass is 313 g/mol. The van der Waals surface area contributed by atoms with E-state index in [2.05, 4.69) is 10.2 Å². The van der Waals surface area contributed by atoms with Crippen LogP contribution in [-0.2, 0) is 0 Å². The first-order valence-corrected chi connectivity index (χ1v) is 7.71. The minimum absolute atomic E-state index is 0.0559. The predicted octanol–water partition coefficient (Wildman–Crippen LogP) is 3.10. The number of carbonyl (C=O) groups is 1. The van der Waals surface area contributed by atoms with Gasteiger partial charge in [-0.15, -0.1) is 10.2 Å². The van der Waals surface area contributed by atoms with Crippen molar-refractivity contribution in [3.05, 3.63) is 54.2 Å². The minimum Gasteiger partial charge on any atom is -0.497 e. The molecule has 0 bridgehead atoms. The third-order valence-electron chi connectivity index (χ3n) is 3.31. The van der Waals surface area contributed by atoms with E-state index in [1.807, 2.05) is 35.7 Å². The van der Waals surface area contributed by atoms with Crippen LogP contribution in [0.25, 0.3) is 5.65 Å². The number of pyridine rings is 1. The van der Waals surface area contributed by atoms with E-state index >= 15 is 0 Å². The van der Waals surface area contributed by atoms with E-state index in [4.69, 9.17) is 4.74 Å². The Morgan fingerprint density at radius 2 is 1.95 bits per heavy atom. The molecule has 3 aromatic rings. The number of nitrogens with zero attached hydrogens (tertiary/aromatic N) is 3. The normalized spacial score (nSPS) is 12.3. The summed E-state index contributed by atoms with van der Waals surface area (Å²) >= 11 is 1.40. The molecule has 0 unspecified atom stereocenters. The number of aromatic nitrogens is 3. The van der Waals surface area contributed by atoms with Gasteiger partial charge >= 0.3 is 0 Å². The number of fused-ring (bicyclic) bond motifs is 1. The zero-order chi connectivity index (χ0) is 15.5. The molecule has 0 aliphatic heterocycles. The average Bonchev–Trinajstić information content (AvgIpc) is 2.97. The van der Waals surface area contributed by atoms with E-state index in [1.165, 1.54) is 11.8 Å². The van der Waals surface area contributed by atoms with E-state index in [1.54, 1.807) is 31.4 Å². The first kappa shape index (κ1) is 14.6. The van der Waals surface area contributed by atoms with E-state index in [9.17, 15) is 4.79 Å². The van der Waals surface area contributed by atoms with Gasteiger partial charge in [0, 0.05) is 11.8 Å². The Bertz CT molecular complexity index is 799. The van der Waals surface area contributed by atoms with Gasteiger partial charge in [-0.05, 0) is 43.3 Å². The standard InChI is InChI=1S/C16H15N3O2S/c1-11(15(20)12-6-8-13(21-2)9-7-12)22-16-18-17-14-5-3-4-10-19(14)16/h3-11H,1-2H3/t11-/m0/s1. The van der Waals surface area contributed by atoms with Gasteiger partial charge in [-0.25, -0.2) is 0 Å². The second-order valence-corrected chi connectivity index (χ2v) is 6.07. The van der Waals surface area contributed by atoms with Crippen LogP contribution in [0.2, 0.25) is 0 Å². The van der Waals surface area contributed by atoms with Crippen molar-refractivity contribution < 1.29 is 9.53 Å². The zero-order valence-corrected chi connectivity index (χ0v) is 13.1. The molecule has 2 heterocycles. The van der Waals surface area contributed by atoms with Crippen LogP contribution in [-0.4, -0.2) is 32.7 Å². The van der Waals surface area contributed by atoms with Crippen LogP contribution < -0.4 is 4.74 Å². The minimum atomic E-state index is -0.249. The molecule has 0 saturated heterocycles. The maximum Gasteiger partial charge on any atom is 0.196 e. The SMILES string of the molecule is COc1ccc(C(=O)[C@H](C)Sc2nnc3ccccn23)cc1. The number of carbonyl (C=O) groups excluding carboxylic acids is 1. The van der Waals surface area contributed by atoms with Crippen molar-refractivity contribution in [2.75, 3.05) is 7.11 Å². The Labute approximate surface area is 132 Å². The topological polar surface area (TPSA) is 56.5 Å². The van der Waals surface area contributed by atoms with Crippen molar-refractivity contribution in [2.45, 2.75) is 17.3 Å². The molecule has 0 fully saturated rings. The van der Waals surface area contributed by atoms with Gasteiger partial charge < -0.3 is 4.74 Å². The van der Waals surface area contributed by atoms with Crippen LogP contribution in [0.5, 0.6) is 5.75 Å². The van der Waals surface area contributed by atoms with Gasteiger partial charge in [0.25, 0.3) is 0 Å². The largest absolute Gasteiger partial charge is 0.497 e. The molecule has 3 rings (SSSR count). The second kappa shape index (κ2) is 6.19. The van der Waals surface area contributed by atoms with Gasteiger partial charge in [0.15, 0.2) is 16.6 Å². The van der Waals surface area contributed by atoms with Crippen molar-refractivity contribution in [1.82, 2.24) is 14.6 Å². The van der Waals surface area contributed by atoms with Crippen LogP contribution in [0.1, 0.15) is 17.3 Å². The number of rotatable bonds is 5. The summed E-state index contributed by atoms with van der Waals surface area (Å²) in [5.74, 6) is 0.792. The van der Waals surface area contributed by atoms with Crippen molar-refractivity contribution >= 4 is 23.2 Å². The Kier molecular flexibility index (Phi) is 4.11. The molecule has 2 aromatic heterocycles. The Morgan fingerprint density at radius 3 is 2.68 bits per heavy atom. The highest BCUT2D eigenvalue weighted by Gasteiger charge is 2.19. The van der Waals surface area contributed by atoms with Crippen molar-refractivity contribution in [2.24, 2.45) is 0 Å². The van der Waals surface area contributed by atoms with Gasteiger partial charge in [0.05, 0.1) is 12.4 Å². The van der Waals surface area contributed by atoms with Crippen molar-refractivity contribution in [1.29, 1.82) is 0 Å². The molecule has 0 aliphatic rings. The lowest BCUT2D eigenvalue weighted by Gasteiger charge is -2.09. The molecule has 1 atom stereocenters. The highest BCUT2D eigenvalue weighted by Crippen LogP contribution is 2.25. The number of methoxy groups -OCH3 is 1. The number of benzene rings is 1. The first-order valence-electron chi connectivity index (χ1n) is 6.84. The Balaban J connectivity index is 1.78. The average molecular weight is 313 g/mol. The molecule has 0 radical (unpaired) electrons. The van der Waals surface area contributed by atoms with Gasteiger partial charge in [-0.3, -0.25) is 9.20 Å². The smallest absolute Gasteiger partial charge is 0.196 e. The summed E-state index contributed by atoms with van der Waals surface area (Å²) in [6, 6.07) is 12.8. The van der Waals surface area contributed by atoms with E-state index in [-0.39, 0.29) is 11.0 Å². The summed E-state index contributed by atoms with van der Waals surface area (Å²) in [6.45, 7) is 1.88. The molecular weight excluding hydrogens is 298 g/mol. The molecule has 112 valence electrons. The van der Waals surface area contributed by atoms with Crippen LogP contribution in [0.3, 0.4) is 0 Å². The van der Waals surface area contributed by atoms with Gasteiger partial charge in [-0.2, -0.15) is 0 Å². The van der Waals surface area contributed by atoms with Crippen LogP contribution in [0.4, 0.5) is 0 Å². The van der Waals surface area contributed by atoms with Crippen LogP contribution in [0.15, 0.2) is 53.8 Å². The highest BCUT2D eigenvalue weighted by atomic mass is 32.2. The summed E-state index contributed by atoms with van der Waals surface area (Å²) in [7, 11) is 1.60. The predicted molar refractivity (Wildman–Crippen MR) is 85.6 cm³/mol. The molecular formula is C16H15N3O2S. The lowest BCUT2D eigenvalue weighted by molar-refractivity contribution is 0.0994. The third kappa shape index (κ3) is 2.82. The van der Waals surface area contributed by atoms with Crippen molar-refractivity contribution in [3.8, 4) is 5.75 Å². The first-order chi connectivity index (χ1) is 10.7. The van der Waals surface area contributed by atoms with Crippen LogP contribution >= 0.6 is 11.8 Å². The summed E-state index contributed by atoms with van der Waals surface area (Å²) in [6.07, 6.45) is 1.89. The number of Topliss-reactive ketones (excluding diaryl/α,β-unsaturated/α-hetero) is 1. The molecule has 0 spiro atoms. The maximum absolute atomic E-state index is 12.5. The number of ketones is 1. The van der Waals surface area contributed by atoms with Gasteiger partial charge in [0.1, 0.15) is 5.75 Å². The Morgan fingerprint density at radius 1 is 1.18 bits per heavy atom. The fourth-order valence-electron chi connectivity index (χ4n) is 2.10. The van der Waals surface area contributed by atoms with Gasteiger partial charge in [0.2, 0.25) is 0 Å². The Hall–Kier alpha value is -2.34. The lowest BCUT2D eigenvalue weighted by atomic mass is 10.1. The molecule has 1 aromatic carbocycles. The maximum atomic E-state index is 12.5. The molecule has 0 N–H and O–H groups in total. The van der Waals surface area contributed by atoms with Crippen LogP contribution in [0, 0.1) is 0 Å². The summed E-state index contributed by atoms with van der Waals surface area (Å²) in [5.41, 5.74) is 1.43. The molecule has 6 heteroatoms. The van der Waals surface area contributed by atoms with Gasteiger partial charge in [-0.1, -0.05) is 17.8 Å². The summed E-state index contributed by atoms with van der Waals surface area (Å²) in [5, 5.41) is 8.70. The third-order valence-corrected chi connectivity index (χ3v) is 4.37.